The number of carbonyl (C=O) groups excluding carboxylic acids is 1. The SMILES string of the molecule is Cc1cc(-c2ccc([S+](C)[O-])cc2)nc2sc(OC(N)=O)c(N)c12. The van der Waals surface area contributed by atoms with Gasteiger partial charge in [-0.05, 0) is 54.0 Å². The highest BCUT2D eigenvalue weighted by atomic mass is 32.2. The number of rotatable bonds is 3. The van der Waals surface area contributed by atoms with Crippen molar-refractivity contribution in [2.75, 3.05) is 12.0 Å². The summed E-state index contributed by atoms with van der Waals surface area (Å²) in [5.41, 5.74) is 14.0. The molecule has 1 aromatic carbocycles. The molecule has 0 aliphatic carbocycles. The molecule has 2 aromatic heterocycles. The Morgan fingerprint density at radius 1 is 1.33 bits per heavy atom. The van der Waals surface area contributed by atoms with Gasteiger partial charge >= 0.3 is 6.09 Å². The minimum atomic E-state index is -1.02. The van der Waals surface area contributed by atoms with Crippen LogP contribution in [0.5, 0.6) is 5.06 Å². The summed E-state index contributed by atoms with van der Waals surface area (Å²) in [4.78, 5) is 17.0. The number of pyridine rings is 1. The number of nitrogen functional groups attached to an aromatic ring is 1. The Morgan fingerprint density at radius 3 is 2.58 bits per heavy atom. The zero-order valence-electron chi connectivity index (χ0n) is 13.0. The lowest BCUT2D eigenvalue weighted by Gasteiger charge is -2.07. The highest BCUT2D eigenvalue weighted by Gasteiger charge is 2.17. The van der Waals surface area contributed by atoms with Gasteiger partial charge in [-0.15, -0.1) is 0 Å². The molecule has 1 amide bonds. The summed E-state index contributed by atoms with van der Waals surface area (Å²) >= 11 is 0.154. The van der Waals surface area contributed by atoms with Crippen LogP contribution in [0, 0.1) is 6.92 Å². The van der Waals surface area contributed by atoms with Gasteiger partial charge in [0.05, 0.1) is 11.4 Å². The van der Waals surface area contributed by atoms with Crippen molar-refractivity contribution in [3.63, 3.8) is 0 Å². The Hall–Kier alpha value is -2.29. The summed E-state index contributed by atoms with van der Waals surface area (Å²) in [6, 6.07) is 9.30. The molecule has 0 fully saturated rings. The van der Waals surface area contributed by atoms with Crippen molar-refractivity contribution in [1.29, 1.82) is 0 Å². The Labute approximate surface area is 145 Å². The third-order valence-corrected chi connectivity index (χ3v) is 5.45. The van der Waals surface area contributed by atoms with Gasteiger partial charge in [-0.2, -0.15) is 0 Å². The van der Waals surface area contributed by atoms with Crippen LogP contribution in [0.3, 0.4) is 0 Å². The molecule has 0 radical (unpaired) electrons. The first-order valence-corrected chi connectivity index (χ1v) is 9.35. The predicted octanol–water partition coefficient (Wildman–Crippen LogP) is 3.05. The van der Waals surface area contributed by atoms with Gasteiger partial charge < -0.3 is 20.8 Å². The number of thiophene rings is 1. The number of aryl methyl sites for hydroxylation is 1. The standard InChI is InChI=1S/C16H15N3O3S2/c1-8-7-11(9-3-5-10(6-4-9)24(2)21)19-14-12(8)13(17)15(23-14)22-16(18)20/h3-7H,17H2,1-2H3,(H2,18,20). The lowest BCUT2D eigenvalue weighted by atomic mass is 10.1. The maximum absolute atomic E-state index is 11.5. The molecular formula is C16H15N3O3S2. The molecule has 1 atom stereocenters. The number of nitrogens with two attached hydrogens (primary N) is 2. The topological polar surface area (TPSA) is 114 Å². The quantitative estimate of drug-likeness (QED) is 0.696. The first kappa shape index (κ1) is 16.6. The third-order valence-electron chi connectivity index (χ3n) is 3.54. The van der Waals surface area contributed by atoms with E-state index in [9.17, 15) is 9.35 Å². The first-order chi connectivity index (χ1) is 11.4. The summed E-state index contributed by atoms with van der Waals surface area (Å²) in [6.07, 6.45) is 0.729. The highest BCUT2D eigenvalue weighted by Crippen LogP contribution is 2.41. The normalized spacial score (nSPS) is 12.3. The molecule has 0 saturated carbocycles. The summed E-state index contributed by atoms with van der Waals surface area (Å²) in [6.45, 7) is 1.92. The molecule has 3 aromatic rings. The number of hydrogen-bond acceptors (Lipinski definition) is 6. The molecule has 4 N–H and O–H groups in total. The Kier molecular flexibility index (Phi) is 4.35. The average molecular weight is 361 g/mol. The van der Waals surface area contributed by atoms with Gasteiger partial charge in [0.25, 0.3) is 0 Å². The fourth-order valence-electron chi connectivity index (χ4n) is 2.42. The Balaban J connectivity index is 2.08. The van der Waals surface area contributed by atoms with E-state index in [-0.39, 0.29) is 5.06 Å². The molecule has 6 nitrogen and oxygen atoms in total. The van der Waals surface area contributed by atoms with E-state index in [0.717, 1.165) is 27.1 Å². The second-order valence-corrected chi connectivity index (χ2v) is 7.55. The van der Waals surface area contributed by atoms with Crippen molar-refractivity contribution >= 4 is 44.5 Å². The monoisotopic (exact) mass is 361 g/mol. The van der Waals surface area contributed by atoms with Crippen LogP contribution >= 0.6 is 11.3 Å². The fraction of sp³-hybridized carbons (Fsp3) is 0.125. The summed E-state index contributed by atoms with van der Waals surface area (Å²) < 4.78 is 16.4. The highest BCUT2D eigenvalue weighted by molar-refractivity contribution is 7.90. The summed E-state index contributed by atoms with van der Waals surface area (Å²) in [7, 11) is 0. The van der Waals surface area contributed by atoms with Crippen molar-refractivity contribution in [1.82, 2.24) is 4.98 Å². The molecule has 8 heteroatoms. The number of aromatic nitrogens is 1. The van der Waals surface area contributed by atoms with E-state index in [0.29, 0.717) is 10.5 Å². The molecule has 0 spiro atoms. The van der Waals surface area contributed by atoms with Crippen LogP contribution in [-0.4, -0.2) is 21.9 Å². The number of benzene rings is 1. The van der Waals surface area contributed by atoms with E-state index in [4.69, 9.17) is 16.2 Å². The van der Waals surface area contributed by atoms with E-state index < -0.39 is 17.3 Å². The van der Waals surface area contributed by atoms with Crippen molar-refractivity contribution in [3.05, 3.63) is 35.9 Å². The molecule has 1 unspecified atom stereocenters. The van der Waals surface area contributed by atoms with Crippen LogP contribution in [0.1, 0.15) is 5.56 Å². The molecule has 2 heterocycles. The Bertz CT molecular complexity index is 920. The maximum Gasteiger partial charge on any atom is 0.410 e. The lowest BCUT2D eigenvalue weighted by Crippen LogP contribution is -2.16. The maximum atomic E-state index is 11.5. The van der Waals surface area contributed by atoms with Gasteiger partial charge in [-0.1, -0.05) is 11.3 Å². The fourth-order valence-corrected chi connectivity index (χ4v) is 3.97. The van der Waals surface area contributed by atoms with Crippen molar-refractivity contribution < 1.29 is 14.1 Å². The van der Waals surface area contributed by atoms with Crippen LogP contribution in [-0.2, 0) is 11.2 Å². The molecular weight excluding hydrogens is 346 g/mol. The third kappa shape index (κ3) is 3.03. The van der Waals surface area contributed by atoms with Gasteiger partial charge in [0.2, 0.25) is 5.06 Å². The molecule has 0 aliphatic rings. The number of amides is 1. The number of nitrogens with zero attached hydrogens (tertiary/aromatic N) is 1. The van der Waals surface area contributed by atoms with E-state index in [1.165, 1.54) is 11.3 Å². The van der Waals surface area contributed by atoms with Crippen molar-refractivity contribution in [3.8, 4) is 16.3 Å². The van der Waals surface area contributed by atoms with Crippen LogP contribution in [0.4, 0.5) is 10.5 Å². The molecule has 3 rings (SSSR count). The van der Waals surface area contributed by atoms with E-state index in [2.05, 4.69) is 4.98 Å². The zero-order chi connectivity index (χ0) is 17.4. The molecule has 24 heavy (non-hydrogen) atoms. The molecule has 0 bridgehead atoms. The van der Waals surface area contributed by atoms with Crippen LogP contribution in [0.15, 0.2) is 35.2 Å². The van der Waals surface area contributed by atoms with Gasteiger partial charge in [-0.25, -0.2) is 9.78 Å². The van der Waals surface area contributed by atoms with E-state index >= 15 is 0 Å². The number of anilines is 1. The molecule has 0 saturated heterocycles. The number of fused-ring (bicyclic) bond motifs is 1. The zero-order valence-corrected chi connectivity index (χ0v) is 14.7. The number of hydrogen-bond donors (Lipinski definition) is 2. The van der Waals surface area contributed by atoms with Crippen molar-refractivity contribution in [2.45, 2.75) is 11.8 Å². The minimum Gasteiger partial charge on any atom is -0.612 e. The number of primary amides is 1. The molecule has 124 valence electrons. The number of carbonyl (C=O) groups is 1. The second-order valence-electron chi connectivity index (χ2n) is 5.21. The molecule has 0 aliphatic heterocycles. The lowest BCUT2D eigenvalue weighted by molar-refractivity contribution is 0.212. The van der Waals surface area contributed by atoms with Gasteiger partial charge in [-0.3, -0.25) is 0 Å². The van der Waals surface area contributed by atoms with Gasteiger partial charge in [0.1, 0.15) is 11.1 Å². The predicted molar refractivity (Wildman–Crippen MR) is 96.7 cm³/mol. The second kappa shape index (κ2) is 6.31. The summed E-state index contributed by atoms with van der Waals surface area (Å²) in [5.74, 6) is 0. The smallest absolute Gasteiger partial charge is 0.410 e. The van der Waals surface area contributed by atoms with E-state index in [1.54, 1.807) is 6.26 Å². The average Bonchev–Trinajstić information content (AvgIpc) is 2.83. The van der Waals surface area contributed by atoms with Crippen molar-refractivity contribution in [2.24, 2.45) is 5.73 Å². The van der Waals surface area contributed by atoms with Gasteiger partial charge in [0, 0.05) is 10.9 Å². The first-order valence-electron chi connectivity index (χ1n) is 6.97. The minimum absolute atomic E-state index is 0.252. The van der Waals surface area contributed by atoms with Crippen LogP contribution < -0.4 is 16.2 Å². The Morgan fingerprint density at radius 2 is 2.00 bits per heavy atom. The largest absolute Gasteiger partial charge is 0.612 e. The number of ether oxygens (including phenoxy) is 1. The van der Waals surface area contributed by atoms with Crippen LogP contribution in [0.2, 0.25) is 0 Å². The van der Waals surface area contributed by atoms with E-state index in [1.807, 2.05) is 37.3 Å². The van der Waals surface area contributed by atoms with Crippen LogP contribution in [0.25, 0.3) is 21.5 Å². The summed E-state index contributed by atoms with van der Waals surface area (Å²) in [5, 5.41) is 1.01. The van der Waals surface area contributed by atoms with Gasteiger partial charge in [0.15, 0.2) is 4.90 Å².